The lowest BCUT2D eigenvalue weighted by Crippen LogP contribution is -2.46. The third kappa shape index (κ3) is 1.91. The van der Waals surface area contributed by atoms with Gasteiger partial charge in [0.25, 0.3) is 0 Å². The van der Waals surface area contributed by atoms with Crippen LogP contribution in [0.15, 0.2) is 0 Å². The minimum atomic E-state index is -0.0349. The van der Waals surface area contributed by atoms with Crippen molar-refractivity contribution in [1.29, 1.82) is 5.41 Å². The van der Waals surface area contributed by atoms with Gasteiger partial charge in [0.05, 0.1) is 11.4 Å². The zero-order chi connectivity index (χ0) is 10.0. The zero-order valence-electron chi connectivity index (χ0n) is 8.42. The molecule has 3 N–H and O–H groups in total. The highest BCUT2D eigenvalue weighted by Crippen LogP contribution is 2.36. The van der Waals surface area contributed by atoms with Crippen LogP contribution in [-0.2, 0) is 9.47 Å². The summed E-state index contributed by atoms with van der Waals surface area (Å²) in [6, 6.07) is 0. The van der Waals surface area contributed by atoms with E-state index in [0.717, 1.165) is 45.5 Å². The van der Waals surface area contributed by atoms with Gasteiger partial charge in [-0.2, -0.15) is 0 Å². The van der Waals surface area contributed by atoms with E-state index < -0.39 is 0 Å². The molecular formula is C10H18N2O2. The van der Waals surface area contributed by atoms with Crippen LogP contribution in [0.3, 0.4) is 0 Å². The van der Waals surface area contributed by atoms with Gasteiger partial charge in [0, 0.05) is 25.7 Å². The largest absolute Gasteiger partial charge is 0.387 e. The van der Waals surface area contributed by atoms with Crippen LogP contribution in [0.4, 0.5) is 0 Å². The Kier molecular flexibility index (Phi) is 2.74. The summed E-state index contributed by atoms with van der Waals surface area (Å²) < 4.78 is 11.2. The fraction of sp³-hybridized carbons (Fsp3) is 0.900. The number of nitrogens with one attached hydrogen (secondary N) is 1. The summed E-state index contributed by atoms with van der Waals surface area (Å²) in [4.78, 5) is 0. The molecular weight excluding hydrogens is 180 g/mol. The lowest BCUT2D eigenvalue weighted by Gasteiger charge is -2.43. The van der Waals surface area contributed by atoms with Gasteiger partial charge in [-0.1, -0.05) is 0 Å². The Morgan fingerprint density at radius 2 is 2.00 bits per heavy atom. The quantitative estimate of drug-likeness (QED) is 0.486. The second-order valence-electron chi connectivity index (χ2n) is 4.29. The van der Waals surface area contributed by atoms with E-state index in [1.807, 2.05) is 0 Å². The van der Waals surface area contributed by atoms with E-state index in [4.69, 9.17) is 20.6 Å². The van der Waals surface area contributed by atoms with Crippen LogP contribution in [0.5, 0.6) is 0 Å². The third-order valence-electron chi connectivity index (χ3n) is 3.34. The van der Waals surface area contributed by atoms with Crippen molar-refractivity contribution in [2.45, 2.75) is 31.3 Å². The topological polar surface area (TPSA) is 68.3 Å². The van der Waals surface area contributed by atoms with Crippen molar-refractivity contribution in [3.8, 4) is 0 Å². The molecule has 1 spiro atoms. The predicted octanol–water partition coefficient (Wildman–Crippen LogP) is 0.898. The molecule has 1 atom stereocenters. The van der Waals surface area contributed by atoms with Crippen LogP contribution >= 0.6 is 0 Å². The summed E-state index contributed by atoms with van der Waals surface area (Å²) in [6.45, 7) is 2.31. The van der Waals surface area contributed by atoms with Gasteiger partial charge < -0.3 is 15.2 Å². The van der Waals surface area contributed by atoms with Gasteiger partial charge in [0.2, 0.25) is 0 Å². The van der Waals surface area contributed by atoms with Crippen LogP contribution < -0.4 is 5.73 Å². The molecule has 0 amide bonds. The van der Waals surface area contributed by atoms with E-state index in [1.165, 1.54) is 0 Å². The number of hydrogen-bond acceptors (Lipinski definition) is 3. The SMILES string of the molecule is N=C(N)[C@@H]1CCOC2(CCOCC2)C1. The lowest BCUT2D eigenvalue weighted by atomic mass is 9.80. The highest BCUT2D eigenvalue weighted by atomic mass is 16.5. The molecule has 0 unspecified atom stereocenters. The minimum absolute atomic E-state index is 0.0349. The van der Waals surface area contributed by atoms with Crippen molar-refractivity contribution in [3.05, 3.63) is 0 Å². The predicted molar refractivity (Wildman–Crippen MR) is 53.4 cm³/mol. The molecule has 2 aliphatic heterocycles. The van der Waals surface area contributed by atoms with E-state index in [-0.39, 0.29) is 11.5 Å². The molecule has 2 heterocycles. The molecule has 0 radical (unpaired) electrons. The average Bonchev–Trinajstić information content (AvgIpc) is 2.19. The molecule has 4 nitrogen and oxygen atoms in total. The molecule has 0 saturated carbocycles. The Morgan fingerprint density at radius 3 is 2.64 bits per heavy atom. The first kappa shape index (κ1) is 9.93. The Hall–Kier alpha value is -0.610. The van der Waals surface area contributed by atoms with Crippen LogP contribution in [-0.4, -0.2) is 31.3 Å². The Bertz CT molecular complexity index is 219. The second-order valence-corrected chi connectivity index (χ2v) is 4.29. The van der Waals surface area contributed by atoms with Crippen molar-refractivity contribution < 1.29 is 9.47 Å². The molecule has 2 saturated heterocycles. The van der Waals surface area contributed by atoms with E-state index in [9.17, 15) is 0 Å². The fourth-order valence-electron chi connectivity index (χ4n) is 2.39. The van der Waals surface area contributed by atoms with Crippen LogP contribution in [0.2, 0.25) is 0 Å². The first-order chi connectivity index (χ1) is 6.72. The molecule has 0 aromatic carbocycles. The molecule has 80 valence electrons. The molecule has 0 aromatic rings. The number of hydrogen-bond donors (Lipinski definition) is 2. The Labute approximate surface area is 84.3 Å². The molecule has 2 rings (SSSR count). The van der Waals surface area contributed by atoms with Gasteiger partial charge in [-0.25, -0.2) is 0 Å². The summed E-state index contributed by atoms with van der Waals surface area (Å²) >= 11 is 0. The number of nitrogens with two attached hydrogens (primary N) is 1. The molecule has 0 bridgehead atoms. The number of rotatable bonds is 1. The number of amidine groups is 1. The monoisotopic (exact) mass is 198 g/mol. The summed E-state index contributed by atoms with van der Waals surface area (Å²) in [6.07, 6.45) is 3.72. The van der Waals surface area contributed by atoms with Gasteiger partial charge in [-0.3, -0.25) is 5.41 Å². The summed E-state index contributed by atoms with van der Waals surface area (Å²) in [5.74, 6) is 0.543. The van der Waals surface area contributed by atoms with Gasteiger partial charge in [-0.15, -0.1) is 0 Å². The van der Waals surface area contributed by atoms with E-state index in [0.29, 0.717) is 5.84 Å². The lowest BCUT2D eigenvalue weighted by molar-refractivity contribution is -0.140. The van der Waals surface area contributed by atoms with Crippen LogP contribution in [0, 0.1) is 11.3 Å². The molecule has 0 aromatic heterocycles. The standard InChI is InChI=1S/C10H18N2O2/c11-9(12)8-1-4-14-10(7-8)2-5-13-6-3-10/h8H,1-7H2,(H3,11,12)/t8-/m1/s1. The summed E-state index contributed by atoms with van der Waals surface area (Å²) in [5, 5.41) is 7.48. The molecule has 14 heavy (non-hydrogen) atoms. The first-order valence-electron chi connectivity index (χ1n) is 5.27. The highest BCUT2D eigenvalue weighted by molar-refractivity contribution is 5.79. The summed E-state index contributed by atoms with van der Waals surface area (Å²) in [7, 11) is 0. The number of ether oxygens (including phenoxy) is 2. The van der Waals surface area contributed by atoms with Gasteiger partial charge >= 0.3 is 0 Å². The van der Waals surface area contributed by atoms with Crippen LogP contribution in [0.25, 0.3) is 0 Å². The molecule has 0 aliphatic carbocycles. The minimum Gasteiger partial charge on any atom is -0.387 e. The smallest absolute Gasteiger partial charge is 0.0938 e. The highest BCUT2D eigenvalue weighted by Gasteiger charge is 2.39. The maximum atomic E-state index is 7.48. The van der Waals surface area contributed by atoms with Crippen molar-refractivity contribution in [3.63, 3.8) is 0 Å². The normalized spacial score (nSPS) is 31.6. The van der Waals surface area contributed by atoms with E-state index in [2.05, 4.69) is 0 Å². The second kappa shape index (κ2) is 3.87. The van der Waals surface area contributed by atoms with Gasteiger partial charge in [-0.05, 0) is 25.7 Å². The van der Waals surface area contributed by atoms with Gasteiger partial charge in [0.15, 0.2) is 0 Å². The average molecular weight is 198 g/mol. The van der Waals surface area contributed by atoms with E-state index in [1.54, 1.807) is 0 Å². The zero-order valence-corrected chi connectivity index (χ0v) is 8.42. The van der Waals surface area contributed by atoms with Crippen molar-refractivity contribution in [1.82, 2.24) is 0 Å². The first-order valence-corrected chi connectivity index (χ1v) is 5.27. The third-order valence-corrected chi connectivity index (χ3v) is 3.34. The van der Waals surface area contributed by atoms with Crippen molar-refractivity contribution >= 4 is 5.84 Å². The maximum Gasteiger partial charge on any atom is 0.0938 e. The Morgan fingerprint density at radius 1 is 1.29 bits per heavy atom. The van der Waals surface area contributed by atoms with Crippen molar-refractivity contribution in [2.75, 3.05) is 19.8 Å². The van der Waals surface area contributed by atoms with Crippen molar-refractivity contribution in [2.24, 2.45) is 11.7 Å². The van der Waals surface area contributed by atoms with E-state index >= 15 is 0 Å². The summed E-state index contributed by atoms with van der Waals surface area (Å²) in [5.41, 5.74) is 5.52. The molecule has 2 aliphatic rings. The van der Waals surface area contributed by atoms with Crippen LogP contribution in [0.1, 0.15) is 25.7 Å². The van der Waals surface area contributed by atoms with Gasteiger partial charge in [0.1, 0.15) is 0 Å². The maximum absolute atomic E-state index is 7.48. The molecule has 2 fully saturated rings. The molecule has 4 heteroatoms. The Balaban J connectivity index is 2.01. The fourth-order valence-corrected chi connectivity index (χ4v) is 2.39.